The SMILES string of the molecule is CCC(C1=CC=C(C)CC1)N1C(=O)C(c2ccc(F)cc2)=NC12CCC(C(C)(C)C)CC2. The summed E-state index contributed by atoms with van der Waals surface area (Å²) in [6.45, 7) is 11.3. The lowest BCUT2D eigenvalue weighted by atomic mass is 9.69. The van der Waals surface area contributed by atoms with Gasteiger partial charge in [0.25, 0.3) is 5.91 Å². The molecule has 0 aromatic heterocycles. The molecule has 1 aromatic rings. The Bertz CT molecular complexity index is 956. The fourth-order valence-electron chi connectivity index (χ4n) is 5.78. The minimum absolute atomic E-state index is 0.00448. The van der Waals surface area contributed by atoms with E-state index in [-0.39, 0.29) is 23.2 Å². The van der Waals surface area contributed by atoms with Crippen molar-refractivity contribution in [1.29, 1.82) is 0 Å². The van der Waals surface area contributed by atoms with Gasteiger partial charge >= 0.3 is 0 Å². The Balaban J connectivity index is 1.73. The van der Waals surface area contributed by atoms with Gasteiger partial charge in [0.1, 0.15) is 17.2 Å². The van der Waals surface area contributed by atoms with Crippen molar-refractivity contribution in [2.45, 2.75) is 91.3 Å². The smallest absolute Gasteiger partial charge is 0.275 e. The van der Waals surface area contributed by atoms with Crippen LogP contribution in [0.3, 0.4) is 0 Å². The molecular formula is C28H37FN2O. The maximum atomic E-state index is 13.9. The predicted octanol–water partition coefficient (Wildman–Crippen LogP) is 6.83. The molecule has 1 heterocycles. The zero-order chi connectivity index (χ0) is 23.1. The number of rotatable bonds is 4. The summed E-state index contributed by atoms with van der Waals surface area (Å²) < 4.78 is 13.6. The molecular weight excluding hydrogens is 399 g/mol. The largest absolute Gasteiger partial charge is 0.306 e. The number of amides is 1. The third-order valence-electron chi connectivity index (χ3n) is 7.83. The van der Waals surface area contributed by atoms with Crippen LogP contribution < -0.4 is 0 Å². The third kappa shape index (κ3) is 4.21. The fourth-order valence-corrected chi connectivity index (χ4v) is 5.78. The molecule has 1 fully saturated rings. The van der Waals surface area contributed by atoms with Crippen molar-refractivity contribution >= 4 is 11.6 Å². The van der Waals surface area contributed by atoms with Crippen LogP contribution >= 0.6 is 0 Å². The first-order valence-corrected chi connectivity index (χ1v) is 12.2. The zero-order valence-electron chi connectivity index (χ0n) is 20.2. The van der Waals surface area contributed by atoms with Crippen LogP contribution in [0.15, 0.2) is 52.6 Å². The molecule has 1 spiro atoms. The van der Waals surface area contributed by atoms with E-state index in [2.05, 4.69) is 51.7 Å². The molecule has 1 saturated carbocycles. The van der Waals surface area contributed by atoms with E-state index in [4.69, 9.17) is 4.99 Å². The maximum absolute atomic E-state index is 13.9. The normalized spacial score (nSPS) is 27.3. The highest BCUT2D eigenvalue weighted by atomic mass is 19.1. The van der Waals surface area contributed by atoms with Crippen molar-refractivity contribution in [3.8, 4) is 0 Å². The summed E-state index contributed by atoms with van der Waals surface area (Å²) in [5, 5.41) is 0. The number of carbonyl (C=O) groups excluding carboxylic acids is 1. The van der Waals surface area contributed by atoms with Crippen LogP contribution in [0.2, 0.25) is 0 Å². The summed E-state index contributed by atoms with van der Waals surface area (Å²) >= 11 is 0. The summed E-state index contributed by atoms with van der Waals surface area (Å²) in [7, 11) is 0. The highest BCUT2D eigenvalue weighted by Gasteiger charge is 2.52. The van der Waals surface area contributed by atoms with Crippen LogP contribution in [0.1, 0.15) is 85.1 Å². The van der Waals surface area contributed by atoms with Gasteiger partial charge in [0.05, 0.1) is 6.04 Å². The summed E-state index contributed by atoms with van der Waals surface area (Å²) in [5.41, 5.74) is 3.72. The van der Waals surface area contributed by atoms with Crippen molar-refractivity contribution in [2.75, 3.05) is 0 Å². The van der Waals surface area contributed by atoms with E-state index < -0.39 is 5.66 Å². The molecule has 172 valence electrons. The molecule has 1 unspecified atom stereocenters. The van der Waals surface area contributed by atoms with E-state index in [1.54, 1.807) is 12.1 Å². The highest BCUT2D eigenvalue weighted by Crippen LogP contribution is 2.48. The average molecular weight is 437 g/mol. The van der Waals surface area contributed by atoms with E-state index in [9.17, 15) is 9.18 Å². The Hall–Kier alpha value is -2.23. The Morgan fingerprint density at radius 3 is 2.31 bits per heavy atom. The lowest BCUT2D eigenvalue weighted by molar-refractivity contribution is -0.132. The second-order valence-corrected chi connectivity index (χ2v) is 10.9. The van der Waals surface area contributed by atoms with E-state index in [0.717, 1.165) is 50.5 Å². The molecule has 1 aromatic carbocycles. The number of hydrogen-bond acceptors (Lipinski definition) is 2. The highest BCUT2D eigenvalue weighted by molar-refractivity contribution is 6.46. The molecule has 0 saturated heterocycles. The number of hydrogen-bond donors (Lipinski definition) is 0. The second-order valence-electron chi connectivity index (χ2n) is 10.9. The molecule has 0 N–H and O–H groups in total. The molecule has 1 aliphatic heterocycles. The average Bonchev–Trinajstić information content (AvgIpc) is 3.02. The number of nitrogens with zero attached hydrogens (tertiary/aromatic N) is 2. The van der Waals surface area contributed by atoms with Crippen molar-refractivity contribution < 1.29 is 9.18 Å². The molecule has 2 aliphatic carbocycles. The van der Waals surface area contributed by atoms with Crippen LogP contribution in [0.5, 0.6) is 0 Å². The number of halogens is 1. The monoisotopic (exact) mass is 436 g/mol. The first kappa shape index (κ1) is 22.9. The Morgan fingerprint density at radius 2 is 1.78 bits per heavy atom. The van der Waals surface area contributed by atoms with Crippen molar-refractivity contribution in [3.05, 3.63) is 58.9 Å². The topological polar surface area (TPSA) is 32.7 Å². The molecule has 1 amide bonds. The van der Waals surface area contributed by atoms with E-state index >= 15 is 0 Å². The van der Waals surface area contributed by atoms with Gasteiger partial charge in [-0.3, -0.25) is 9.79 Å². The van der Waals surface area contributed by atoms with Crippen LogP contribution in [-0.2, 0) is 4.79 Å². The van der Waals surface area contributed by atoms with Crippen molar-refractivity contribution in [2.24, 2.45) is 16.3 Å². The predicted molar refractivity (Wildman–Crippen MR) is 129 cm³/mol. The summed E-state index contributed by atoms with van der Waals surface area (Å²) in [4.78, 5) is 21.2. The van der Waals surface area contributed by atoms with Gasteiger partial charge in [-0.15, -0.1) is 0 Å². The maximum Gasteiger partial charge on any atom is 0.275 e. The molecule has 32 heavy (non-hydrogen) atoms. The minimum atomic E-state index is -0.486. The quantitative estimate of drug-likeness (QED) is 0.509. The summed E-state index contributed by atoms with van der Waals surface area (Å²) in [6, 6.07) is 6.28. The zero-order valence-corrected chi connectivity index (χ0v) is 20.2. The molecule has 3 nitrogen and oxygen atoms in total. The molecule has 3 aliphatic rings. The van der Waals surface area contributed by atoms with Crippen LogP contribution in [0.25, 0.3) is 0 Å². The van der Waals surface area contributed by atoms with Crippen LogP contribution in [-0.4, -0.2) is 28.2 Å². The van der Waals surface area contributed by atoms with Gasteiger partial charge in [-0.1, -0.05) is 45.4 Å². The first-order valence-electron chi connectivity index (χ1n) is 12.2. The second kappa shape index (κ2) is 8.61. The van der Waals surface area contributed by atoms with Gasteiger partial charge in [0.2, 0.25) is 0 Å². The van der Waals surface area contributed by atoms with E-state index in [0.29, 0.717) is 11.6 Å². The number of aliphatic imine (C=N–C) groups is 1. The molecule has 0 radical (unpaired) electrons. The van der Waals surface area contributed by atoms with Gasteiger partial charge < -0.3 is 4.90 Å². The number of allylic oxidation sites excluding steroid dienone is 3. The number of carbonyl (C=O) groups is 1. The molecule has 1 atom stereocenters. The molecule has 4 rings (SSSR count). The van der Waals surface area contributed by atoms with Gasteiger partial charge in [0, 0.05) is 5.56 Å². The minimum Gasteiger partial charge on any atom is -0.306 e. The molecule has 4 heteroatoms. The summed E-state index contributed by atoms with van der Waals surface area (Å²) in [5.74, 6) is 0.345. The Morgan fingerprint density at radius 1 is 1.12 bits per heavy atom. The van der Waals surface area contributed by atoms with Gasteiger partial charge in [-0.25, -0.2) is 4.39 Å². The molecule has 0 bridgehead atoms. The van der Waals surface area contributed by atoms with Crippen LogP contribution in [0, 0.1) is 17.2 Å². The Kier molecular flexibility index (Phi) is 6.17. The van der Waals surface area contributed by atoms with Gasteiger partial charge in [-0.05, 0) is 93.0 Å². The van der Waals surface area contributed by atoms with Crippen molar-refractivity contribution in [1.82, 2.24) is 4.90 Å². The standard InChI is InChI=1S/C28H37FN2O/c1-6-24(20-9-7-19(2)8-10-20)31-26(32)25(21-11-13-23(29)14-12-21)30-28(31)17-15-22(16-18-28)27(3,4)5/h7,9,11-14,22,24H,6,8,10,15-18H2,1-5H3. The summed E-state index contributed by atoms with van der Waals surface area (Å²) in [6.07, 6.45) is 11.3. The van der Waals surface area contributed by atoms with Crippen molar-refractivity contribution in [3.63, 3.8) is 0 Å². The fraction of sp³-hybridized carbons (Fsp3) is 0.571. The Labute approximate surface area is 192 Å². The van der Waals surface area contributed by atoms with E-state index in [1.165, 1.54) is 23.3 Å². The lowest BCUT2D eigenvalue weighted by Gasteiger charge is -2.48. The first-order chi connectivity index (χ1) is 15.1. The van der Waals surface area contributed by atoms with Crippen LogP contribution in [0.4, 0.5) is 4.39 Å². The van der Waals surface area contributed by atoms with E-state index in [1.807, 2.05) is 0 Å². The third-order valence-corrected chi connectivity index (χ3v) is 7.83. The number of benzene rings is 1. The lowest BCUT2D eigenvalue weighted by Crippen LogP contribution is -2.55. The van der Waals surface area contributed by atoms with Gasteiger partial charge in [-0.2, -0.15) is 0 Å². The van der Waals surface area contributed by atoms with Gasteiger partial charge in [0.15, 0.2) is 0 Å².